The highest BCUT2D eigenvalue weighted by molar-refractivity contribution is 5.95. The van der Waals surface area contributed by atoms with Gasteiger partial charge in [-0.05, 0) is 46.7 Å². The van der Waals surface area contributed by atoms with Crippen LogP contribution in [0.2, 0.25) is 0 Å². The minimum atomic E-state index is -0.463. The second-order valence-corrected chi connectivity index (χ2v) is 6.11. The zero-order chi connectivity index (χ0) is 15.7. The van der Waals surface area contributed by atoms with Gasteiger partial charge in [0.15, 0.2) is 0 Å². The van der Waals surface area contributed by atoms with Gasteiger partial charge >= 0.3 is 0 Å². The molecule has 0 radical (unpaired) electrons. The number of benzene rings is 2. The Bertz CT molecular complexity index is 714. The Balaban J connectivity index is 0.00000192. The van der Waals surface area contributed by atoms with Crippen LogP contribution in [-0.4, -0.2) is 11.9 Å². The molecule has 0 saturated heterocycles. The summed E-state index contributed by atoms with van der Waals surface area (Å²) in [6, 6.07) is 14.1. The lowest BCUT2D eigenvalue weighted by Gasteiger charge is -2.18. The van der Waals surface area contributed by atoms with Gasteiger partial charge in [0.1, 0.15) is 0 Å². The summed E-state index contributed by atoms with van der Waals surface area (Å²) in [5.41, 5.74) is 12.0. The number of carbonyl (C=O) groups is 1. The molecule has 0 aromatic heterocycles. The van der Waals surface area contributed by atoms with Crippen molar-refractivity contribution in [3.8, 4) is 11.1 Å². The Morgan fingerprint density at radius 3 is 2.61 bits per heavy atom. The van der Waals surface area contributed by atoms with Crippen molar-refractivity contribution in [2.75, 3.05) is 5.32 Å². The molecule has 23 heavy (non-hydrogen) atoms. The van der Waals surface area contributed by atoms with Crippen LogP contribution in [0.3, 0.4) is 0 Å². The van der Waals surface area contributed by atoms with Gasteiger partial charge in [-0.15, -0.1) is 12.4 Å². The van der Waals surface area contributed by atoms with Crippen molar-refractivity contribution < 1.29 is 4.79 Å². The second kappa shape index (κ2) is 7.16. The second-order valence-electron chi connectivity index (χ2n) is 6.11. The predicted molar refractivity (Wildman–Crippen MR) is 98.0 cm³/mol. The number of halogens is 1. The van der Waals surface area contributed by atoms with E-state index in [1.54, 1.807) is 0 Å². The summed E-state index contributed by atoms with van der Waals surface area (Å²) < 4.78 is 0. The predicted octanol–water partition coefficient (Wildman–Crippen LogP) is 3.99. The van der Waals surface area contributed by atoms with E-state index in [1.807, 2.05) is 19.9 Å². The van der Waals surface area contributed by atoms with E-state index in [0.717, 1.165) is 18.5 Å². The van der Waals surface area contributed by atoms with Crippen molar-refractivity contribution in [1.29, 1.82) is 0 Å². The first-order valence-electron chi connectivity index (χ1n) is 7.87. The topological polar surface area (TPSA) is 55.1 Å². The van der Waals surface area contributed by atoms with E-state index in [-0.39, 0.29) is 24.2 Å². The van der Waals surface area contributed by atoms with Gasteiger partial charge in [0.2, 0.25) is 5.91 Å². The third-order valence-electron chi connectivity index (χ3n) is 4.62. The number of hydrogen-bond donors (Lipinski definition) is 2. The highest BCUT2D eigenvalue weighted by atomic mass is 35.5. The number of nitrogens with two attached hydrogens (primary N) is 1. The van der Waals surface area contributed by atoms with Gasteiger partial charge in [0, 0.05) is 5.69 Å². The third kappa shape index (κ3) is 3.41. The van der Waals surface area contributed by atoms with Gasteiger partial charge in [-0.1, -0.05) is 50.6 Å². The Kier molecular flexibility index (Phi) is 5.45. The first-order chi connectivity index (χ1) is 10.6. The summed E-state index contributed by atoms with van der Waals surface area (Å²) in [7, 11) is 0. The van der Waals surface area contributed by atoms with Crippen molar-refractivity contribution in [2.24, 2.45) is 11.7 Å². The Hall–Kier alpha value is -1.84. The monoisotopic (exact) mass is 330 g/mol. The molecule has 0 aliphatic heterocycles. The van der Waals surface area contributed by atoms with Crippen molar-refractivity contribution in [2.45, 2.75) is 32.7 Å². The lowest BCUT2D eigenvalue weighted by Crippen LogP contribution is -2.40. The van der Waals surface area contributed by atoms with Crippen molar-refractivity contribution in [3.05, 3.63) is 53.6 Å². The van der Waals surface area contributed by atoms with Crippen LogP contribution in [0.4, 0.5) is 5.69 Å². The average molecular weight is 331 g/mol. The first kappa shape index (κ1) is 17.5. The van der Waals surface area contributed by atoms with Crippen LogP contribution in [0.1, 0.15) is 31.4 Å². The van der Waals surface area contributed by atoms with Crippen LogP contribution >= 0.6 is 12.4 Å². The maximum absolute atomic E-state index is 12.2. The molecule has 4 heteroatoms. The average Bonchev–Trinajstić information content (AvgIpc) is 2.90. The SMILES string of the molecule is CCC(C)C(N)C(=O)Nc1ccc2c(c1)Cc1ccccc1-2.Cl. The van der Waals surface area contributed by atoms with E-state index in [1.165, 1.54) is 22.3 Å². The summed E-state index contributed by atoms with van der Waals surface area (Å²) in [6.45, 7) is 4.05. The molecular formula is C19H23ClN2O. The first-order valence-corrected chi connectivity index (χ1v) is 7.87. The van der Waals surface area contributed by atoms with Crippen LogP contribution in [-0.2, 0) is 11.2 Å². The van der Waals surface area contributed by atoms with Gasteiger partial charge < -0.3 is 11.1 Å². The minimum absolute atomic E-state index is 0. The summed E-state index contributed by atoms with van der Waals surface area (Å²) in [5.74, 6) is 0.0727. The Labute approximate surface area is 143 Å². The maximum atomic E-state index is 12.2. The molecule has 3 N–H and O–H groups in total. The molecule has 2 aromatic rings. The number of fused-ring (bicyclic) bond motifs is 3. The molecule has 0 spiro atoms. The molecule has 0 fully saturated rings. The van der Waals surface area contributed by atoms with Crippen LogP contribution in [0.5, 0.6) is 0 Å². The van der Waals surface area contributed by atoms with Crippen molar-refractivity contribution >= 4 is 24.0 Å². The zero-order valence-corrected chi connectivity index (χ0v) is 14.3. The maximum Gasteiger partial charge on any atom is 0.241 e. The van der Waals surface area contributed by atoms with E-state index in [9.17, 15) is 4.79 Å². The minimum Gasteiger partial charge on any atom is -0.325 e. The molecule has 0 heterocycles. The molecular weight excluding hydrogens is 308 g/mol. The number of anilines is 1. The largest absolute Gasteiger partial charge is 0.325 e. The number of hydrogen-bond acceptors (Lipinski definition) is 2. The van der Waals surface area contributed by atoms with Crippen LogP contribution in [0.15, 0.2) is 42.5 Å². The van der Waals surface area contributed by atoms with Crippen molar-refractivity contribution in [3.63, 3.8) is 0 Å². The molecule has 1 aliphatic rings. The molecule has 3 nitrogen and oxygen atoms in total. The molecule has 3 rings (SSSR count). The van der Waals surface area contributed by atoms with Crippen molar-refractivity contribution in [1.82, 2.24) is 0 Å². The van der Waals surface area contributed by atoms with E-state index in [2.05, 4.69) is 41.7 Å². The number of nitrogens with one attached hydrogen (secondary N) is 1. The lowest BCUT2D eigenvalue weighted by atomic mass is 9.99. The molecule has 2 aromatic carbocycles. The fourth-order valence-electron chi connectivity index (χ4n) is 2.96. The smallest absolute Gasteiger partial charge is 0.241 e. The highest BCUT2D eigenvalue weighted by Gasteiger charge is 2.21. The third-order valence-corrected chi connectivity index (χ3v) is 4.62. The standard InChI is InChI=1S/C19H22N2O.ClH/c1-3-12(2)18(20)19(22)21-15-8-9-17-14(11-15)10-13-6-4-5-7-16(13)17;/h4-9,11-12,18H,3,10,20H2,1-2H3,(H,21,22);1H. The molecule has 1 amide bonds. The number of carbonyl (C=O) groups excluding carboxylic acids is 1. The van der Waals surface area contributed by atoms with E-state index < -0.39 is 6.04 Å². The fourth-order valence-corrected chi connectivity index (χ4v) is 2.96. The molecule has 1 aliphatic carbocycles. The quantitative estimate of drug-likeness (QED) is 0.760. The number of rotatable bonds is 4. The van der Waals surface area contributed by atoms with E-state index in [0.29, 0.717) is 0 Å². The van der Waals surface area contributed by atoms with Crippen LogP contribution in [0, 0.1) is 5.92 Å². The van der Waals surface area contributed by atoms with Gasteiger partial charge in [0.05, 0.1) is 6.04 Å². The summed E-state index contributed by atoms with van der Waals surface area (Å²) in [5, 5.41) is 2.95. The molecule has 0 bridgehead atoms. The highest BCUT2D eigenvalue weighted by Crippen LogP contribution is 2.37. The van der Waals surface area contributed by atoms with Crippen LogP contribution < -0.4 is 11.1 Å². The molecule has 122 valence electrons. The lowest BCUT2D eigenvalue weighted by molar-refractivity contribution is -0.118. The Morgan fingerprint density at radius 2 is 1.87 bits per heavy atom. The van der Waals surface area contributed by atoms with Gasteiger partial charge in [0.25, 0.3) is 0 Å². The summed E-state index contributed by atoms with van der Waals surface area (Å²) in [6.07, 6.45) is 1.82. The molecule has 0 saturated carbocycles. The van der Waals surface area contributed by atoms with E-state index in [4.69, 9.17) is 5.73 Å². The molecule has 2 unspecified atom stereocenters. The van der Waals surface area contributed by atoms with Crippen LogP contribution in [0.25, 0.3) is 11.1 Å². The summed E-state index contributed by atoms with van der Waals surface area (Å²) in [4.78, 5) is 12.2. The van der Waals surface area contributed by atoms with Gasteiger partial charge in [-0.3, -0.25) is 4.79 Å². The molecule has 2 atom stereocenters. The summed E-state index contributed by atoms with van der Waals surface area (Å²) >= 11 is 0. The van der Waals surface area contributed by atoms with Gasteiger partial charge in [-0.25, -0.2) is 0 Å². The zero-order valence-electron chi connectivity index (χ0n) is 13.5. The number of amides is 1. The fraction of sp³-hybridized carbons (Fsp3) is 0.316. The van der Waals surface area contributed by atoms with E-state index >= 15 is 0 Å². The normalized spacial score (nSPS) is 14.2. The Morgan fingerprint density at radius 1 is 1.17 bits per heavy atom. The van der Waals surface area contributed by atoms with Gasteiger partial charge in [-0.2, -0.15) is 0 Å².